The Morgan fingerprint density at radius 1 is 0.299 bits per heavy atom. The summed E-state index contributed by atoms with van der Waals surface area (Å²) < 4.78 is 12.5. The van der Waals surface area contributed by atoms with Crippen LogP contribution in [0, 0.1) is 0 Å². The van der Waals surface area contributed by atoms with E-state index in [9.17, 15) is 0 Å². The van der Waals surface area contributed by atoms with E-state index < -0.39 is 0 Å². The fourth-order valence-corrected chi connectivity index (χ4v) is 14.8. The molecule has 3 nitrogen and oxygen atoms in total. The summed E-state index contributed by atoms with van der Waals surface area (Å²) in [4.78, 5) is 4.90. The molecule has 0 saturated heterocycles. The standard InChI is InChI=1S/C72H56N2OS2/c1-71(2,3)59-29-15-25-54-56-27-17-31-61(69(56)76-67(54)59)73(49-37-33-47(34-38-49)45-19-9-7-10-20-45)51-41-42-58-64(43-51)75-65-44-63(52-23-13-14-24-53(52)66(58)65)74(50-39-35-48(36-40-50)46-21-11-8-12-22-46)62-32-18-28-57-55-26-16-30-60(72(4,5)6)68(55)77-70(57)62/h7-44H,1-6H3. The zero-order chi connectivity index (χ0) is 52.2. The lowest BCUT2D eigenvalue weighted by Crippen LogP contribution is -2.10. The second-order valence-corrected chi connectivity index (χ2v) is 24.5. The van der Waals surface area contributed by atoms with Crippen molar-refractivity contribution < 1.29 is 4.42 Å². The van der Waals surface area contributed by atoms with E-state index in [2.05, 4.69) is 282 Å². The number of hydrogen-bond donors (Lipinski definition) is 0. The molecule has 0 atom stereocenters. The minimum Gasteiger partial charge on any atom is -0.456 e. The Morgan fingerprint density at radius 2 is 0.714 bits per heavy atom. The van der Waals surface area contributed by atoms with Gasteiger partial charge < -0.3 is 14.2 Å². The van der Waals surface area contributed by atoms with Crippen LogP contribution in [-0.4, -0.2) is 0 Å². The zero-order valence-corrected chi connectivity index (χ0v) is 45.7. The molecule has 0 bridgehead atoms. The Bertz CT molecular complexity index is 4570. The molecule has 11 aromatic carbocycles. The van der Waals surface area contributed by atoms with E-state index in [1.165, 1.54) is 73.7 Å². The Balaban J connectivity index is 0.981. The molecule has 3 aromatic heterocycles. The number of fused-ring (bicyclic) bond motifs is 11. The molecule has 77 heavy (non-hydrogen) atoms. The number of thiophene rings is 2. The highest BCUT2D eigenvalue weighted by molar-refractivity contribution is 7.27. The molecule has 0 spiro atoms. The van der Waals surface area contributed by atoms with Crippen LogP contribution in [0.3, 0.4) is 0 Å². The van der Waals surface area contributed by atoms with E-state index in [0.29, 0.717) is 0 Å². The summed E-state index contributed by atoms with van der Waals surface area (Å²) in [7, 11) is 0. The SMILES string of the molecule is CC(C)(C)c1cccc2c1sc1c(N(c3ccc(-c4ccccc4)cc3)c3ccc4c(c3)oc3cc(N(c5ccc(-c6ccccc6)cc5)c5cccc6c5sc5c(C(C)(C)C)cccc56)c5ccccc5c34)cccc12. The van der Waals surface area contributed by atoms with Crippen molar-refractivity contribution in [2.24, 2.45) is 0 Å². The fraction of sp³-hybridized carbons (Fsp3) is 0.111. The van der Waals surface area contributed by atoms with Gasteiger partial charge in [0, 0.05) is 76.3 Å². The maximum absolute atomic E-state index is 7.27. The van der Waals surface area contributed by atoms with E-state index in [0.717, 1.165) is 66.8 Å². The molecule has 0 aliphatic carbocycles. The van der Waals surface area contributed by atoms with Gasteiger partial charge in [-0.1, -0.05) is 211 Å². The predicted octanol–water partition coefficient (Wildman–Crippen LogP) is 22.3. The highest BCUT2D eigenvalue weighted by atomic mass is 32.1. The summed E-state index contributed by atoms with van der Waals surface area (Å²) in [5.74, 6) is 0. The van der Waals surface area contributed by atoms with Crippen molar-refractivity contribution in [1.82, 2.24) is 0 Å². The van der Waals surface area contributed by atoms with E-state index in [1.807, 2.05) is 22.7 Å². The summed E-state index contributed by atoms with van der Waals surface area (Å²) >= 11 is 3.81. The van der Waals surface area contributed by atoms with Crippen molar-refractivity contribution >= 4 is 130 Å². The first-order valence-electron chi connectivity index (χ1n) is 26.6. The Morgan fingerprint density at radius 3 is 1.23 bits per heavy atom. The van der Waals surface area contributed by atoms with Crippen LogP contribution in [0.4, 0.5) is 34.1 Å². The first-order valence-corrected chi connectivity index (χ1v) is 28.3. The molecule has 3 heterocycles. The van der Waals surface area contributed by atoms with Gasteiger partial charge in [-0.2, -0.15) is 0 Å². The maximum atomic E-state index is 7.27. The van der Waals surface area contributed by atoms with E-state index in [-0.39, 0.29) is 10.8 Å². The Hall–Kier alpha value is -8.48. The van der Waals surface area contributed by atoms with Gasteiger partial charge in [0.05, 0.1) is 26.5 Å². The second-order valence-electron chi connectivity index (χ2n) is 22.5. The van der Waals surface area contributed by atoms with Crippen molar-refractivity contribution in [3.05, 3.63) is 242 Å². The predicted molar refractivity (Wildman–Crippen MR) is 335 cm³/mol. The molecule has 372 valence electrons. The van der Waals surface area contributed by atoms with Crippen LogP contribution in [0.25, 0.3) is 95.3 Å². The van der Waals surface area contributed by atoms with Gasteiger partial charge in [-0.05, 0) is 98.1 Å². The van der Waals surface area contributed by atoms with Crippen LogP contribution in [0.5, 0.6) is 0 Å². The minimum atomic E-state index is -0.0119. The largest absolute Gasteiger partial charge is 0.456 e. The molecule has 0 fully saturated rings. The van der Waals surface area contributed by atoms with E-state index >= 15 is 0 Å². The molecule has 0 saturated carbocycles. The van der Waals surface area contributed by atoms with Crippen LogP contribution < -0.4 is 9.80 Å². The average molecular weight is 1030 g/mol. The first-order chi connectivity index (χ1) is 37.5. The molecule has 14 aromatic rings. The van der Waals surface area contributed by atoms with Gasteiger partial charge in [-0.15, -0.1) is 22.7 Å². The molecule has 5 heteroatoms. The number of rotatable bonds is 8. The van der Waals surface area contributed by atoms with Gasteiger partial charge in [-0.25, -0.2) is 0 Å². The summed E-state index contributed by atoms with van der Waals surface area (Å²) in [6.45, 7) is 13.9. The number of nitrogens with zero attached hydrogens (tertiary/aromatic N) is 2. The zero-order valence-electron chi connectivity index (χ0n) is 44.1. The molecule has 14 rings (SSSR count). The number of hydrogen-bond acceptors (Lipinski definition) is 5. The Labute approximate surface area is 457 Å². The molecule has 0 N–H and O–H groups in total. The van der Waals surface area contributed by atoms with Gasteiger partial charge in [0.1, 0.15) is 11.2 Å². The summed E-state index contributed by atoms with van der Waals surface area (Å²) in [5, 5.41) is 9.62. The third kappa shape index (κ3) is 7.90. The summed E-state index contributed by atoms with van der Waals surface area (Å²) in [5.41, 5.74) is 15.7. The van der Waals surface area contributed by atoms with Crippen molar-refractivity contribution in [1.29, 1.82) is 0 Å². The summed E-state index contributed by atoms with van der Waals surface area (Å²) in [6, 6.07) is 84.6. The van der Waals surface area contributed by atoms with Gasteiger partial charge in [0.25, 0.3) is 0 Å². The van der Waals surface area contributed by atoms with Crippen LogP contribution in [-0.2, 0) is 10.8 Å². The highest BCUT2D eigenvalue weighted by Crippen LogP contribution is 2.52. The lowest BCUT2D eigenvalue weighted by atomic mass is 9.86. The maximum Gasteiger partial charge on any atom is 0.138 e. The number of furan rings is 1. The van der Waals surface area contributed by atoms with Crippen LogP contribution in [0.15, 0.2) is 235 Å². The quantitative estimate of drug-likeness (QED) is 0.151. The lowest BCUT2D eigenvalue weighted by Gasteiger charge is -2.28. The second kappa shape index (κ2) is 18.1. The van der Waals surface area contributed by atoms with Gasteiger partial charge >= 0.3 is 0 Å². The Kier molecular flexibility index (Phi) is 11.0. The monoisotopic (exact) mass is 1030 g/mol. The van der Waals surface area contributed by atoms with Crippen LogP contribution in [0.2, 0.25) is 0 Å². The van der Waals surface area contributed by atoms with Gasteiger partial charge in [-0.3, -0.25) is 0 Å². The molecular formula is C72H56N2OS2. The van der Waals surface area contributed by atoms with Crippen molar-refractivity contribution in [2.75, 3.05) is 9.80 Å². The van der Waals surface area contributed by atoms with Crippen molar-refractivity contribution in [3.8, 4) is 22.3 Å². The molecule has 0 aliphatic heterocycles. The topological polar surface area (TPSA) is 19.6 Å². The van der Waals surface area contributed by atoms with E-state index in [1.54, 1.807) is 0 Å². The highest BCUT2D eigenvalue weighted by Gasteiger charge is 2.27. The molecule has 0 amide bonds. The molecular weight excluding hydrogens is 973 g/mol. The minimum absolute atomic E-state index is 0.00397. The molecule has 0 aliphatic rings. The van der Waals surface area contributed by atoms with Gasteiger partial charge in [0.15, 0.2) is 0 Å². The van der Waals surface area contributed by atoms with E-state index in [4.69, 9.17) is 4.42 Å². The van der Waals surface area contributed by atoms with Crippen LogP contribution >= 0.6 is 22.7 Å². The fourth-order valence-electron chi connectivity index (χ4n) is 11.8. The van der Waals surface area contributed by atoms with Crippen molar-refractivity contribution in [2.45, 2.75) is 52.4 Å². The van der Waals surface area contributed by atoms with Gasteiger partial charge in [0.2, 0.25) is 0 Å². The summed E-state index contributed by atoms with van der Waals surface area (Å²) in [6.07, 6.45) is 0. The molecule has 0 unspecified atom stereocenters. The average Bonchev–Trinajstić information content (AvgIpc) is 4.19. The first kappa shape index (κ1) is 47.0. The number of benzene rings is 11. The third-order valence-electron chi connectivity index (χ3n) is 15.5. The smallest absolute Gasteiger partial charge is 0.138 e. The van der Waals surface area contributed by atoms with Crippen LogP contribution in [0.1, 0.15) is 52.7 Å². The number of anilines is 6. The third-order valence-corrected chi connectivity index (χ3v) is 18.1. The van der Waals surface area contributed by atoms with Crippen molar-refractivity contribution in [3.63, 3.8) is 0 Å². The lowest BCUT2D eigenvalue weighted by molar-refractivity contribution is 0.596. The normalized spacial score (nSPS) is 12.3. The molecule has 0 radical (unpaired) electrons.